The van der Waals surface area contributed by atoms with Crippen molar-refractivity contribution in [1.82, 2.24) is 24.5 Å². The molecule has 0 atom stereocenters. The first kappa shape index (κ1) is 17.8. The molecule has 2 aromatic carbocycles. The molecule has 0 aliphatic heterocycles. The summed E-state index contributed by atoms with van der Waals surface area (Å²) in [7, 11) is 0. The number of carbonyl (C=O) groups excluding carboxylic acids is 1. The van der Waals surface area contributed by atoms with E-state index in [1.165, 1.54) is 35.3 Å². The predicted molar refractivity (Wildman–Crippen MR) is 101 cm³/mol. The molecule has 0 spiro atoms. The summed E-state index contributed by atoms with van der Waals surface area (Å²) in [5.41, 5.74) is 0.863. The Morgan fingerprint density at radius 2 is 1.82 bits per heavy atom. The van der Waals surface area contributed by atoms with Crippen molar-refractivity contribution in [3.8, 4) is 5.69 Å². The fourth-order valence-corrected chi connectivity index (χ4v) is 2.73. The SMILES string of the molecule is O=C(Cn1cnc2c(nnn2-c2ccc(Cl)cc2)c1=O)Nc1ccc(F)cc1. The minimum Gasteiger partial charge on any atom is -0.325 e. The van der Waals surface area contributed by atoms with Gasteiger partial charge in [-0.15, -0.1) is 5.10 Å². The molecule has 0 saturated carbocycles. The Morgan fingerprint density at radius 1 is 1.11 bits per heavy atom. The van der Waals surface area contributed by atoms with Crippen molar-refractivity contribution in [2.45, 2.75) is 6.54 Å². The van der Waals surface area contributed by atoms with Gasteiger partial charge in [0.1, 0.15) is 18.7 Å². The topological polar surface area (TPSA) is 94.7 Å². The first-order valence-electron chi connectivity index (χ1n) is 8.13. The van der Waals surface area contributed by atoms with Crippen molar-refractivity contribution in [2.24, 2.45) is 0 Å². The van der Waals surface area contributed by atoms with Crippen LogP contribution in [0.25, 0.3) is 16.9 Å². The Kier molecular flexibility index (Phi) is 4.58. The Labute approximate surface area is 162 Å². The lowest BCUT2D eigenvalue weighted by atomic mass is 10.3. The highest BCUT2D eigenvalue weighted by atomic mass is 35.5. The number of carbonyl (C=O) groups is 1. The molecule has 1 N–H and O–H groups in total. The second-order valence-electron chi connectivity index (χ2n) is 5.88. The molecule has 140 valence electrons. The van der Waals surface area contributed by atoms with Crippen LogP contribution < -0.4 is 10.9 Å². The second kappa shape index (κ2) is 7.20. The molecule has 0 aliphatic carbocycles. The number of anilines is 1. The van der Waals surface area contributed by atoms with E-state index >= 15 is 0 Å². The zero-order valence-corrected chi connectivity index (χ0v) is 15.0. The van der Waals surface area contributed by atoms with Crippen molar-refractivity contribution in [3.63, 3.8) is 0 Å². The highest BCUT2D eigenvalue weighted by Gasteiger charge is 2.15. The fraction of sp³-hybridized carbons (Fsp3) is 0.0556. The molecular formula is C18H12ClFN6O2. The summed E-state index contributed by atoms with van der Waals surface area (Å²) in [4.78, 5) is 29.0. The number of benzene rings is 2. The number of aromatic nitrogens is 5. The van der Waals surface area contributed by atoms with E-state index < -0.39 is 17.3 Å². The van der Waals surface area contributed by atoms with Crippen molar-refractivity contribution in [2.75, 3.05) is 5.32 Å². The van der Waals surface area contributed by atoms with Gasteiger partial charge in [0.15, 0.2) is 11.2 Å². The smallest absolute Gasteiger partial charge is 0.284 e. The van der Waals surface area contributed by atoms with Crippen LogP contribution in [0.4, 0.5) is 10.1 Å². The number of amides is 1. The molecular weight excluding hydrogens is 387 g/mol. The second-order valence-corrected chi connectivity index (χ2v) is 6.32. The maximum Gasteiger partial charge on any atom is 0.284 e. The van der Waals surface area contributed by atoms with Crippen LogP contribution in [0.3, 0.4) is 0 Å². The number of hydrogen-bond donors (Lipinski definition) is 1. The first-order valence-corrected chi connectivity index (χ1v) is 8.51. The molecule has 1 amide bonds. The summed E-state index contributed by atoms with van der Waals surface area (Å²) in [6.07, 6.45) is 1.25. The van der Waals surface area contributed by atoms with Crippen LogP contribution >= 0.6 is 11.6 Å². The van der Waals surface area contributed by atoms with Gasteiger partial charge in [-0.3, -0.25) is 14.2 Å². The number of halogens is 2. The Morgan fingerprint density at radius 3 is 2.54 bits per heavy atom. The van der Waals surface area contributed by atoms with Gasteiger partial charge in [0.25, 0.3) is 5.56 Å². The Balaban J connectivity index is 1.60. The molecule has 0 radical (unpaired) electrons. The van der Waals surface area contributed by atoms with E-state index in [4.69, 9.17) is 11.6 Å². The van der Waals surface area contributed by atoms with Gasteiger partial charge in [0.2, 0.25) is 5.91 Å². The largest absolute Gasteiger partial charge is 0.325 e. The van der Waals surface area contributed by atoms with Gasteiger partial charge in [-0.25, -0.2) is 9.37 Å². The number of nitrogens with zero attached hydrogens (tertiary/aromatic N) is 5. The van der Waals surface area contributed by atoms with Crippen molar-refractivity contribution in [1.29, 1.82) is 0 Å². The monoisotopic (exact) mass is 398 g/mol. The molecule has 4 aromatic rings. The van der Waals surface area contributed by atoms with E-state index in [2.05, 4.69) is 20.6 Å². The molecule has 0 saturated heterocycles. The zero-order valence-electron chi connectivity index (χ0n) is 14.2. The summed E-state index contributed by atoms with van der Waals surface area (Å²) in [6, 6.07) is 12.1. The lowest BCUT2D eigenvalue weighted by molar-refractivity contribution is -0.116. The number of nitrogens with one attached hydrogen (secondary N) is 1. The number of hydrogen-bond acceptors (Lipinski definition) is 5. The minimum atomic E-state index is -0.500. The van der Waals surface area contributed by atoms with Gasteiger partial charge in [-0.1, -0.05) is 16.8 Å². The van der Waals surface area contributed by atoms with E-state index in [1.54, 1.807) is 24.3 Å². The van der Waals surface area contributed by atoms with Gasteiger partial charge in [-0.2, -0.15) is 4.68 Å². The molecule has 2 aromatic heterocycles. The molecule has 28 heavy (non-hydrogen) atoms. The minimum absolute atomic E-state index is 0.0343. The zero-order chi connectivity index (χ0) is 19.7. The third-order valence-electron chi connectivity index (χ3n) is 3.94. The third-order valence-corrected chi connectivity index (χ3v) is 4.19. The van der Waals surface area contributed by atoms with E-state index in [1.807, 2.05) is 0 Å². The molecule has 4 rings (SSSR count). The van der Waals surface area contributed by atoms with Crippen molar-refractivity contribution in [3.05, 3.63) is 76.1 Å². The van der Waals surface area contributed by atoms with Crippen LogP contribution in [0, 0.1) is 5.82 Å². The number of rotatable bonds is 4. The highest BCUT2D eigenvalue weighted by molar-refractivity contribution is 6.30. The van der Waals surface area contributed by atoms with Gasteiger partial charge in [0, 0.05) is 10.7 Å². The number of fused-ring (bicyclic) bond motifs is 1. The van der Waals surface area contributed by atoms with Gasteiger partial charge in [-0.05, 0) is 48.5 Å². The highest BCUT2D eigenvalue weighted by Crippen LogP contribution is 2.15. The summed E-state index contributed by atoms with van der Waals surface area (Å²) in [5, 5.41) is 11.0. The molecule has 10 heteroatoms. The van der Waals surface area contributed by atoms with Crippen LogP contribution in [0.5, 0.6) is 0 Å². The summed E-state index contributed by atoms with van der Waals surface area (Å²) in [6.45, 7) is -0.271. The fourth-order valence-electron chi connectivity index (χ4n) is 2.60. The van der Waals surface area contributed by atoms with E-state index in [0.717, 1.165) is 4.57 Å². The summed E-state index contributed by atoms with van der Waals surface area (Å²) < 4.78 is 15.5. The third kappa shape index (κ3) is 3.47. The maximum absolute atomic E-state index is 12.9. The predicted octanol–water partition coefficient (Wildman–Crippen LogP) is 2.41. The lowest BCUT2D eigenvalue weighted by Crippen LogP contribution is -2.28. The molecule has 0 fully saturated rings. The van der Waals surface area contributed by atoms with Crippen LogP contribution in [0.2, 0.25) is 5.02 Å². The molecule has 0 aliphatic rings. The Hall–Kier alpha value is -3.59. The Bertz CT molecular complexity index is 1220. The average Bonchev–Trinajstić information content (AvgIpc) is 3.11. The van der Waals surface area contributed by atoms with E-state index in [-0.39, 0.29) is 17.7 Å². The quantitative estimate of drug-likeness (QED) is 0.569. The van der Waals surface area contributed by atoms with Crippen LogP contribution in [0.1, 0.15) is 0 Å². The van der Waals surface area contributed by atoms with Crippen LogP contribution in [-0.2, 0) is 11.3 Å². The summed E-state index contributed by atoms with van der Waals surface area (Å²) >= 11 is 5.88. The van der Waals surface area contributed by atoms with Crippen molar-refractivity contribution >= 4 is 34.4 Å². The van der Waals surface area contributed by atoms with Crippen molar-refractivity contribution < 1.29 is 9.18 Å². The lowest BCUT2D eigenvalue weighted by Gasteiger charge is -2.07. The van der Waals surface area contributed by atoms with Crippen LogP contribution in [-0.4, -0.2) is 30.5 Å². The molecule has 8 nitrogen and oxygen atoms in total. The van der Waals surface area contributed by atoms with E-state index in [9.17, 15) is 14.0 Å². The first-order chi connectivity index (χ1) is 13.5. The van der Waals surface area contributed by atoms with Gasteiger partial charge >= 0.3 is 0 Å². The maximum atomic E-state index is 12.9. The summed E-state index contributed by atoms with van der Waals surface area (Å²) in [5.74, 6) is -0.868. The molecule has 2 heterocycles. The normalized spacial score (nSPS) is 10.9. The molecule has 0 unspecified atom stereocenters. The van der Waals surface area contributed by atoms with Crippen LogP contribution in [0.15, 0.2) is 59.7 Å². The van der Waals surface area contributed by atoms with E-state index in [0.29, 0.717) is 16.4 Å². The molecule has 0 bridgehead atoms. The van der Waals surface area contributed by atoms with Gasteiger partial charge in [0.05, 0.1) is 5.69 Å². The van der Waals surface area contributed by atoms with Gasteiger partial charge < -0.3 is 5.32 Å². The average molecular weight is 399 g/mol. The standard InChI is InChI=1S/C18H12ClFN6O2/c19-11-1-7-14(8-2-11)26-17-16(23-24-26)18(28)25(10-21-17)9-15(27)22-13-5-3-12(20)4-6-13/h1-8,10H,9H2,(H,22,27).